The first kappa shape index (κ1) is 24.5. The highest BCUT2D eigenvalue weighted by atomic mass is 16.6. The third kappa shape index (κ3) is 8.85. The van der Waals surface area contributed by atoms with Crippen molar-refractivity contribution in [2.45, 2.75) is 40.0 Å². The van der Waals surface area contributed by atoms with Crippen molar-refractivity contribution in [2.75, 3.05) is 33.4 Å². The minimum absolute atomic E-state index is 0.591. The second-order valence-electron chi connectivity index (χ2n) is 7.44. The number of oxime groups is 1. The maximum absolute atomic E-state index is 6.06. The Morgan fingerprint density at radius 3 is 2.42 bits per heavy atom. The van der Waals surface area contributed by atoms with E-state index in [9.17, 15) is 0 Å². The average Bonchev–Trinajstić information content (AvgIpc) is 2.77. The summed E-state index contributed by atoms with van der Waals surface area (Å²) in [6.07, 6.45) is 7.21. The Morgan fingerprint density at radius 1 is 1.00 bits per heavy atom. The first-order valence-corrected chi connectivity index (χ1v) is 11.0. The number of ether oxygens (including phenoxy) is 2. The molecule has 2 aromatic carbocycles. The number of unbranched alkanes of at least 4 members (excludes halogenated alkanes) is 2. The zero-order chi connectivity index (χ0) is 22.3. The number of benzene rings is 2. The summed E-state index contributed by atoms with van der Waals surface area (Å²) in [5, 5.41) is 7.59. The van der Waals surface area contributed by atoms with Crippen LogP contribution < -0.4 is 14.8 Å². The molecule has 0 radical (unpaired) electrons. The standard InChI is InChI=1S/C26H36N2O3/c1-5-6-16-30-24-18-21(2)26(22(3)19-24)31-17-12-8-11-15-27-20-25(28-29-4)23-13-9-7-10-14-23/h5-7,9-10,13-14,18-19,27H,8,11-12,15-17,20H2,1-4H3/b6-5+,28-25-. The van der Waals surface area contributed by atoms with Gasteiger partial charge in [-0.15, -0.1) is 0 Å². The molecule has 0 unspecified atom stereocenters. The molecule has 0 saturated heterocycles. The van der Waals surface area contributed by atoms with Gasteiger partial charge in [0.15, 0.2) is 0 Å². The highest BCUT2D eigenvalue weighted by Crippen LogP contribution is 2.28. The Labute approximate surface area is 187 Å². The molecule has 0 bridgehead atoms. The Balaban J connectivity index is 1.65. The first-order chi connectivity index (χ1) is 15.2. The summed E-state index contributed by atoms with van der Waals surface area (Å²) >= 11 is 0. The molecule has 0 fully saturated rings. The van der Waals surface area contributed by atoms with Crippen LogP contribution in [0.25, 0.3) is 0 Å². The summed E-state index contributed by atoms with van der Waals surface area (Å²) in [7, 11) is 1.58. The molecule has 5 nitrogen and oxygen atoms in total. The second-order valence-corrected chi connectivity index (χ2v) is 7.44. The summed E-state index contributed by atoms with van der Waals surface area (Å²) in [4.78, 5) is 4.98. The van der Waals surface area contributed by atoms with Gasteiger partial charge in [-0.25, -0.2) is 0 Å². The molecule has 31 heavy (non-hydrogen) atoms. The van der Waals surface area contributed by atoms with Gasteiger partial charge in [-0.3, -0.25) is 0 Å². The van der Waals surface area contributed by atoms with E-state index in [0.717, 1.165) is 66.3 Å². The zero-order valence-corrected chi connectivity index (χ0v) is 19.3. The largest absolute Gasteiger partial charge is 0.493 e. The highest BCUT2D eigenvalue weighted by Gasteiger charge is 2.07. The highest BCUT2D eigenvalue weighted by molar-refractivity contribution is 6.01. The smallest absolute Gasteiger partial charge is 0.125 e. The van der Waals surface area contributed by atoms with Gasteiger partial charge in [0.1, 0.15) is 30.9 Å². The quantitative estimate of drug-likeness (QED) is 0.190. The molecule has 1 N–H and O–H groups in total. The fourth-order valence-electron chi connectivity index (χ4n) is 3.30. The number of nitrogens with zero attached hydrogens (tertiary/aromatic N) is 1. The summed E-state index contributed by atoms with van der Waals surface area (Å²) < 4.78 is 11.8. The second kappa shape index (κ2) is 14.3. The average molecular weight is 425 g/mol. The monoisotopic (exact) mass is 424 g/mol. The van der Waals surface area contributed by atoms with Crippen LogP contribution in [0.1, 0.15) is 42.9 Å². The zero-order valence-electron chi connectivity index (χ0n) is 19.3. The van der Waals surface area contributed by atoms with Crippen LogP contribution in [0.4, 0.5) is 0 Å². The third-order valence-corrected chi connectivity index (χ3v) is 4.86. The van der Waals surface area contributed by atoms with Crippen molar-refractivity contribution < 1.29 is 14.3 Å². The van der Waals surface area contributed by atoms with Gasteiger partial charge in [0, 0.05) is 12.1 Å². The number of hydrogen-bond acceptors (Lipinski definition) is 5. The molecule has 2 rings (SSSR count). The van der Waals surface area contributed by atoms with Gasteiger partial charge in [-0.05, 0) is 69.8 Å². The summed E-state index contributed by atoms with van der Waals surface area (Å²) in [6.45, 7) is 9.07. The van der Waals surface area contributed by atoms with Gasteiger partial charge >= 0.3 is 0 Å². The lowest BCUT2D eigenvalue weighted by Gasteiger charge is -2.14. The maximum atomic E-state index is 6.06. The number of hydrogen-bond donors (Lipinski definition) is 1. The van der Waals surface area contributed by atoms with E-state index in [1.807, 2.05) is 61.5 Å². The Morgan fingerprint density at radius 2 is 1.74 bits per heavy atom. The van der Waals surface area contributed by atoms with Gasteiger partial charge in [0.25, 0.3) is 0 Å². The Kier molecular flexibility index (Phi) is 11.3. The predicted octanol–water partition coefficient (Wildman–Crippen LogP) is 5.45. The molecule has 168 valence electrons. The molecule has 0 heterocycles. The van der Waals surface area contributed by atoms with Crippen LogP contribution in [0.3, 0.4) is 0 Å². The van der Waals surface area contributed by atoms with Crippen molar-refractivity contribution in [2.24, 2.45) is 5.16 Å². The number of aryl methyl sites for hydroxylation is 2. The van der Waals surface area contributed by atoms with Crippen molar-refractivity contribution in [1.82, 2.24) is 5.32 Å². The molecule has 0 saturated carbocycles. The van der Waals surface area contributed by atoms with Gasteiger partial charge in [-0.2, -0.15) is 0 Å². The van der Waals surface area contributed by atoms with E-state index in [0.29, 0.717) is 13.2 Å². The number of nitrogens with one attached hydrogen (secondary N) is 1. The van der Waals surface area contributed by atoms with Crippen LogP contribution >= 0.6 is 0 Å². The molecule has 0 spiro atoms. The van der Waals surface area contributed by atoms with E-state index in [-0.39, 0.29) is 0 Å². The molecule has 0 aromatic heterocycles. The fraction of sp³-hybridized carbons (Fsp3) is 0.423. The van der Waals surface area contributed by atoms with E-state index in [2.05, 4.69) is 24.3 Å². The lowest BCUT2D eigenvalue weighted by molar-refractivity contribution is 0.213. The van der Waals surface area contributed by atoms with Crippen LogP contribution in [0.15, 0.2) is 59.8 Å². The molecule has 2 aromatic rings. The number of rotatable bonds is 14. The van der Waals surface area contributed by atoms with E-state index in [1.54, 1.807) is 7.11 Å². The van der Waals surface area contributed by atoms with Crippen LogP contribution in [-0.2, 0) is 4.84 Å². The normalized spacial score (nSPS) is 11.7. The fourth-order valence-corrected chi connectivity index (χ4v) is 3.30. The Hall–Kier alpha value is -2.79. The first-order valence-electron chi connectivity index (χ1n) is 11.0. The van der Waals surface area contributed by atoms with Gasteiger partial charge < -0.3 is 19.6 Å². The van der Waals surface area contributed by atoms with Gasteiger partial charge in [0.2, 0.25) is 0 Å². The molecule has 5 heteroatoms. The van der Waals surface area contributed by atoms with E-state index >= 15 is 0 Å². The van der Waals surface area contributed by atoms with Crippen molar-refractivity contribution in [3.8, 4) is 11.5 Å². The molecule has 0 atom stereocenters. The minimum atomic E-state index is 0.591. The predicted molar refractivity (Wildman–Crippen MR) is 128 cm³/mol. The van der Waals surface area contributed by atoms with Crippen molar-refractivity contribution in [3.05, 3.63) is 71.3 Å². The summed E-state index contributed by atoms with van der Waals surface area (Å²) in [5.74, 6) is 1.86. The van der Waals surface area contributed by atoms with Crippen LogP contribution in [0.5, 0.6) is 11.5 Å². The van der Waals surface area contributed by atoms with Gasteiger partial charge in [-0.1, -0.05) is 47.6 Å². The van der Waals surface area contributed by atoms with Crippen LogP contribution in [0, 0.1) is 13.8 Å². The summed E-state index contributed by atoms with van der Waals surface area (Å²) in [5.41, 5.74) is 4.22. The Bertz CT molecular complexity index is 809. The van der Waals surface area contributed by atoms with Crippen molar-refractivity contribution >= 4 is 5.71 Å². The lowest BCUT2D eigenvalue weighted by Crippen LogP contribution is -2.25. The third-order valence-electron chi connectivity index (χ3n) is 4.86. The maximum Gasteiger partial charge on any atom is 0.125 e. The van der Waals surface area contributed by atoms with Crippen LogP contribution in [-0.4, -0.2) is 39.1 Å². The minimum Gasteiger partial charge on any atom is -0.493 e. The molecule has 0 aliphatic carbocycles. The van der Waals surface area contributed by atoms with Crippen molar-refractivity contribution in [3.63, 3.8) is 0 Å². The van der Waals surface area contributed by atoms with Crippen molar-refractivity contribution in [1.29, 1.82) is 0 Å². The topological polar surface area (TPSA) is 52.1 Å². The van der Waals surface area contributed by atoms with E-state index in [4.69, 9.17) is 14.3 Å². The van der Waals surface area contributed by atoms with Gasteiger partial charge in [0.05, 0.1) is 6.61 Å². The van der Waals surface area contributed by atoms with E-state index in [1.165, 1.54) is 0 Å². The lowest BCUT2D eigenvalue weighted by atomic mass is 10.1. The summed E-state index contributed by atoms with van der Waals surface area (Å²) in [6, 6.07) is 14.2. The van der Waals surface area contributed by atoms with E-state index < -0.39 is 0 Å². The number of allylic oxidation sites excluding steroid dienone is 1. The molecule has 0 aliphatic heterocycles. The molecule has 0 amide bonds. The SMILES string of the molecule is C/C=C/COc1cc(C)c(OCCCCCNC/C(=N/OC)c2ccccc2)c(C)c1. The molecule has 0 aliphatic rings. The molecular formula is C26H36N2O3. The molecular weight excluding hydrogens is 388 g/mol. The van der Waals surface area contributed by atoms with Crippen LogP contribution in [0.2, 0.25) is 0 Å².